The molecule has 1 saturated heterocycles. The van der Waals surface area contributed by atoms with Crippen LogP contribution >= 0.6 is 0 Å². The van der Waals surface area contributed by atoms with Gasteiger partial charge in [-0.05, 0) is 37.3 Å². The molecule has 1 aromatic rings. The first kappa shape index (κ1) is 12.0. The maximum Gasteiger partial charge on any atom is 0.321 e. The van der Waals surface area contributed by atoms with Crippen molar-refractivity contribution in [1.29, 1.82) is 0 Å². The average molecular weight is 232 g/mol. The third-order valence-electron chi connectivity index (χ3n) is 3.37. The predicted octanol–water partition coefficient (Wildman–Crippen LogP) is 3.19. The Morgan fingerprint density at radius 3 is 2.71 bits per heavy atom. The van der Waals surface area contributed by atoms with Gasteiger partial charge in [0.15, 0.2) is 0 Å². The van der Waals surface area contributed by atoms with E-state index < -0.39 is 0 Å². The van der Waals surface area contributed by atoms with E-state index in [1.54, 1.807) is 0 Å². The van der Waals surface area contributed by atoms with Crippen LogP contribution in [0.4, 0.5) is 10.5 Å². The monoisotopic (exact) mass is 232 g/mol. The molecule has 0 unspecified atom stereocenters. The number of benzene rings is 1. The van der Waals surface area contributed by atoms with Crippen molar-refractivity contribution >= 4 is 11.7 Å². The second kappa shape index (κ2) is 5.21. The highest BCUT2D eigenvalue weighted by atomic mass is 16.2. The Morgan fingerprint density at radius 2 is 2.06 bits per heavy atom. The summed E-state index contributed by atoms with van der Waals surface area (Å²) in [5, 5.41) is 3.06. The largest absolute Gasteiger partial charge is 0.325 e. The van der Waals surface area contributed by atoms with Gasteiger partial charge in [0.2, 0.25) is 0 Å². The number of rotatable bonds is 2. The molecule has 0 spiro atoms. The quantitative estimate of drug-likeness (QED) is 0.834. The van der Waals surface area contributed by atoms with Gasteiger partial charge in [0.25, 0.3) is 0 Å². The molecule has 0 aliphatic carbocycles. The van der Waals surface area contributed by atoms with E-state index in [4.69, 9.17) is 0 Å². The van der Waals surface area contributed by atoms with Gasteiger partial charge in [0, 0.05) is 18.8 Å². The van der Waals surface area contributed by atoms with Gasteiger partial charge in [-0.25, -0.2) is 4.79 Å². The SMILES string of the molecule is CCc1cccc(C)c1NC(=O)N1CCCC1. The number of carbonyl (C=O) groups is 1. The molecule has 1 aliphatic heterocycles. The van der Waals surface area contributed by atoms with Crippen molar-refractivity contribution in [2.24, 2.45) is 0 Å². The summed E-state index contributed by atoms with van der Waals surface area (Å²) in [6, 6.07) is 6.21. The Hall–Kier alpha value is -1.51. The van der Waals surface area contributed by atoms with E-state index in [1.165, 1.54) is 5.56 Å². The van der Waals surface area contributed by atoms with Crippen molar-refractivity contribution in [3.05, 3.63) is 29.3 Å². The molecule has 0 saturated carbocycles. The number of amides is 2. The lowest BCUT2D eigenvalue weighted by atomic mass is 10.1. The Labute approximate surface area is 103 Å². The fourth-order valence-corrected chi connectivity index (χ4v) is 2.31. The standard InChI is InChI=1S/C14H20N2O/c1-3-12-8-6-7-11(2)13(12)15-14(17)16-9-4-5-10-16/h6-8H,3-5,9-10H2,1-2H3,(H,15,17). The molecule has 3 heteroatoms. The number of carbonyl (C=O) groups excluding carboxylic acids is 1. The summed E-state index contributed by atoms with van der Waals surface area (Å²) in [5.74, 6) is 0. The van der Waals surface area contributed by atoms with Gasteiger partial charge in [-0.1, -0.05) is 25.1 Å². The van der Waals surface area contributed by atoms with Crippen LogP contribution in [0, 0.1) is 6.92 Å². The molecule has 0 bridgehead atoms. The molecule has 1 N–H and O–H groups in total. The first-order valence-corrected chi connectivity index (χ1v) is 6.36. The molecule has 3 nitrogen and oxygen atoms in total. The topological polar surface area (TPSA) is 32.3 Å². The zero-order valence-corrected chi connectivity index (χ0v) is 10.6. The van der Waals surface area contributed by atoms with Gasteiger partial charge < -0.3 is 10.2 Å². The molecule has 1 aliphatic rings. The number of hydrogen-bond donors (Lipinski definition) is 1. The lowest BCUT2D eigenvalue weighted by Gasteiger charge is -2.19. The minimum Gasteiger partial charge on any atom is -0.325 e. The summed E-state index contributed by atoms with van der Waals surface area (Å²) < 4.78 is 0. The lowest BCUT2D eigenvalue weighted by Crippen LogP contribution is -2.32. The smallest absolute Gasteiger partial charge is 0.321 e. The summed E-state index contributed by atoms with van der Waals surface area (Å²) in [4.78, 5) is 13.9. The van der Waals surface area contributed by atoms with Crippen molar-refractivity contribution in [1.82, 2.24) is 4.90 Å². The van der Waals surface area contributed by atoms with E-state index in [2.05, 4.69) is 18.3 Å². The van der Waals surface area contributed by atoms with E-state index in [-0.39, 0.29) is 6.03 Å². The third kappa shape index (κ3) is 2.60. The molecule has 0 radical (unpaired) electrons. The summed E-state index contributed by atoms with van der Waals surface area (Å²) in [6.07, 6.45) is 3.20. The van der Waals surface area contributed by atoms with E-state index in [0.29, 0.717) is 0 Å². The van der Waals surface area contributed by atoms with Crippen LogP contribution in [-0.2, 0) is 6.42 Å². The second-order valence-electron chi connectivity index (χ2n) is 4.59. The number of anilines is 1. The summed E-state index contributed by atoms with van der Waals surface area (Å²) >= 11 is 0. The first-order chi connectivity index (χ1) is 8.22. The summed E-state index contributed by atoms with van der Waals surface area (Å²) in [7, 11) is 0. The van der Waals surface area contributed by atoms with E-state index >= 15 is 0 Å². The Kier molecular flexibility index (Phi) is 3.67. The zero-order valence-electron chi connectivity index (χ0n) is 10.6. The van der Waals surface area contributed by atoms with Gasteiger partial charge in [0.1, 0.15) is 0 Å². The Balaban J connectivity index is 2.14. The molecule has 2 amide bonds. The van der Waals surface area contributed by atoms with E-state index in [1.807, 2.05) is 24.0 Å². The number of para-hydroxylation sites is 1. The number of nitrogens with one attached hydrogen (secondary N) is 1. The average Bonchev–Trinajstić information content (AvgIpc) is 2.85. The fraction of sp³-hybridized carbons (Fsp3) is 0.500. The molecule has 0 atom stereocenters. The lowest BCUT2D eigenvalue weighted by molar-refractivity contribution is 0.222. The molecule has 0 aromatic heterocycles. The van der Waals surface area contributed by atoms with Crippen LogP contribution in [0.3, 0.4) is 0 Å². The van der Waals surface area contributed by atoms with Gasteiger partial charge in [-0.15, -0.1) is 0 Å². The third-order valence-corrected chi connectivity index (χ3v) is 3.37. The highest BCUT2D eigenvalue weighted by Crippen LogP contribution is 2.22. The van der Waals surface area contributed by atoms with Crippen LogP contribution in [0.15, 0.2) is 18.2 Å². The maximum absolute atomic E-state index is 12.0. The van der Waals surface area contributed by atoms with Crippen molar-refractivity contribution < 1.29 is 4.79 Å². The summed E-state index contributed by atoms with van der Waals surface area (Å²) in [6.45, 7) is 5.93. The number of likely N-dealkylation sites (tertiary alicyclic amines) is 1. The summed E-state index contributed by atoms with van der Waals surface area (Å²) in [5.41, 5.74) is 3.33. The minimum atomic E-state index is 0.0477. The van der Waals surface area contributed by atoms with Gasteiger partial charge >= 0.3 is 6.03 Å². The van der Waals surface area contributed by atoms with E-state index in [0.717, 1.165) is 43.6 Å². The number of nitrogens with zero attached hydrogens (tertiary/aromatic N) is 1. The van der Waals surface area contributed by atoms with Crippen molar-refractivity contribution in [3.63, 3.8) is 0 Å². The molecule has 1 heterocycles. The number of urea groups is 1. The zero-order chi connectivity index (χ0) is 12.3. The molecular formula is C14H20N2O. The van der Waals surface area contributed by atoms with E-state index in [9.17, 15) is 4.79 Å². The molecular weight excluding hydrogens is 212 g/mol. The maximum atomic E-state index is 12.0. The van der Waals surface area contributed by atoms with Crippen LogP contribution in [0.25, 0.3) is 0 Å². The van der Waals surface area contributed by atoms with Crippen molar-refractivity contribution in [2.75, 3.05) is 18.4 Å². The van der Waals surface area contributed by atoms with Gasteiger partial charge in [-0.2, -0.15) is 0 Å². The Bertz CT molecular complexity index is 409. The molecule has 17 heavy (non-hydrogen) atoms. The molecule has 2 rings (SSSR count). The van der Waals surface area contributed by atoms with Crippen LogP contribution < -0.4 is 5.32 Å². The highest BCUT2D eigenvalue weighted by Gasteiger charge is 2.18. The number of hydrogen-bond acceptors (Lipinski definition) is 1. The van der Waals surface area contributed by atoms with Crippen LogP contribution in [0.1, 0.15) is 30.9 Å². The normalized spacial score (nSPS) is 15.1. The highest BCUT2D eigenvalue weighted by molar-refractivity contribution is 5.91. The predicted molar refractivity (Wildman–Crippen MR) is 70.4 cm³/mol. The molecule has 1 aromatic carbocycles. The fourth-order valence-electron chi connectivity index (χ4n) is 2.31. The number of aryl methyl sites for hydroxylation is 2. The van der Waals surface area contributed by atoms with Crippen molar-refractivity contribution in [2.45, 2.75) is 33.1 Å². The molecule has 92 valence electrons. The van der Waals surface area contributed by atoms with Gasteiger partial charge in [0.05, 0.1) is 0 Å². The van der Waals surface area contributed by atoms with Crippen molar-refractivity contribution in [3.8, 4) is 0 Å². The van der Waals surface area contributed by atoms with Crippen LogP contribution in [0.5, 0.6) is 0 Å². The first-order valence-electron chi connectivity index (χ1n) is 6.36. The molecule has 1 fully saturated rings. The Morgan fingerprint density at radius 1 is 1.35 bits per heavy atom. The van der Waals surface area contributed by atoms with Crippen LogP contribution in [0.2, 0.25) is 0 Å². The van der Waals surface area contributed by atoms with Crippen LogP contribution in [-0.4, -0.2) is 24.0 Å². The van der Waals surface area contributed by atoms with Gasteiger partial charge in [-0.3, -0.25) is 0 Å². The minimum absolute atomic E-state index is 0.0477. The second-order valence-corrected chi connectivity index (χ2v) is 4.59.